The summed E-state index contributed by atoms with van der Waals surface area (Å²) in [6.45, 7) is 5.70. The smallest absolute Gasteiger partial charge is 0.323 e. The van der Waals surface area contributed by atoms with Crippen molar-refractivity contribution < 1.29 is 14.4 Å². The molecule has 7 nitrogen and oxygen atoms in total. The molecular weight excluding hydrogens is 448 g/mol. The third-order valence-electron chi connectivity index (χ3n) is 6.22. The van der Waals surface area contributed by atoms with E-state index in [0.29, 0.717) is 23.7 Å². The molecule has 1 fully saturated rings. The molecule has 0 bridgehead atoms. The fourth-order valence-electron chi connectivity index (χ4n) is 4.54. The van der Waals surface area contributed by atoms with E-state index in [1.165, 1.54) is 16.2 Å². The summed E-state index contributed by atoms with van der Waals surface area (Å²) in [6.07, 6.45) is 3.51. The summed E-state index contributed by atoms with van der Waals surface area (Å²) in [7, 11) is 0. The van der Waals surface area contributed by atoms with Crippen molar-refractivity contribution in [2.45, 2.75) is 58.4 Å². The monoisotopic (exact) mass is 478 g/mol. The highest BCUT2D eigenvalue weighted by molar-refractivity contribution is 7.22. The van der Waals surface area contributed by atoms with Gasteiger partial charge in [-0.15, -0.1) is 0 Å². The molecule has 1 aromatic heterocycles. The first-order valence-electron chi connectivity index (χ1n) is 11.8. The number of aromatic nitrogens is 1. The van der Waals surface area contributed by atoms with Crippen LogP contribution in [0.1, 0.15) is 52.0 Å². The number of imide groups is 1. The fraction of sp³-hybridized carbons (Fsp3) is 0.385. The molecule has 2 aromatic carbocycles. The van der Waals surface area contributed by atoms with Crippen LogP contribution in [0.5, 0.6) is 0 Å². The van der Waals surface area contributed by atoms with Gasteiger partial charge in [-0.25, -0.2) is 9.78 Å². The van der Waals surface area contributed by atoms with E-state index < -0.39 is 11.6 Å². The first-order chi connectivity index (χ1) is 16.4. The molecular formula is C26H30N4O3S. The van der Waals surface area contributed by atoms with E-state index in [0.717, 1.165) is 39.9 Å². The molecule has 1 N–H and O–H groups in total. The predicted molar refractivity (Wildman–Crippen MR) is 135 cm³/mol. The van der Waals surface area contributed by atoms with Gasteiger partial charge in [0, 0.05) is 0 Å². The van der Waals surface area contributed by atoms with Crippen LogP contribution in [-0.2, 0) is 16.0 Å². The summed E-state index contributed by atoms with van der Waals surface area (Å²) < 4.78 is 0.959. The third-order valence-corrected chi connectivity index (χ3v) is 7.24. The standard InChI is InChI=1S/C26H30N4O3S/c1-4-15-26(16-5-2)23(32)29(24(33)28-26)17-22(31)30(19-13-11-18(6-3)12-14-19)25-27-20-9-7-8-10-21(20)34-25/h7-14H,4-6,15-17H2,1-3H3,(H,28,33). The molecule has 1 aliphatic heterocycles. The number of amides is 4. The number of benzene rings is 2. The van der Waals surface area contributed by atoms with Gasteiger partial charge in [0.2, 0.25) is 0 Å². The average Bonchev–Trinajstić information content (AvgIpc) is 3.35. The van der Waals surface area contributed by atoms with E-state index in [1.807, 2.05) is 62.4 Å². The van der Waals surface area contributed by atoms with Gasteiger partial charge in [-0.05, 0) is 49.1 Å². The van der Waals surface area contributed by atoms with E-state index in [4.69, 9.17) is 0 Å². The molecule has 0 atom stereocenters. The second-order valence-corrected chi connectivity index (χ2v) is 9.63. The van der Waals surface area contributed by atoms with Gasteiger partial charge in [0.05, 0.1) is 15.9 Å². The Labute approximate surface area is 203 Å². The molecule has 178 valence electrons. The number of fused-ring (bicyclic) bond motifs is 1. The molecule has 0 unspecified atom stereocenters. The quantitative estimate of drug-likeness (QED) is 0.417. The number of urea groups is 1. The van der Waals surface area contributed by atoms with E-state index in [2.05, 4.69) is 17.2 Å². The van der Waals surface area contributed by atoms with Gasteiger partial charge < -0.3 is 5.32 Å². The third kappa shape index (κ3) is 4.42. The van der Waals surface area contributed by atoms with Gasteiger partial charge in [-0.2, -0.15) is 0 Å². The molecule has 3 aromatic rings. The number of carbonyl (C=O) groups is 3. The highest BCUT2D eigenvalue weighted by Gasteiger charge is 2.50. The minimum atomic E-state index is -0.926. The number of hydrogen-bond acceptors (Lipinski definition) is 5. The highest BCUT2D eigenvalue weighted by atomic mass is 32.1. The summed E-state index contributed by atoms with van der Waals surface area (Å²) in [4.78, 5) is 47.1. The molecule has 1 saturated heterocycles. The van der Waals surface area contributed by atoms with E-state index >= 15 is 0 Å². The Morgan fingerprint density at radius 3 is 2.32 bits per heavy atom. The minimum Gasteiger partial charge on any atom is -0.323 e. The van der Waals surface area contributed by atoms with Gasteiger partial charge in [0.15, 0.2) is 5.13 Å². The zero-order chi connectivity index (χ0) is 24.3. The van der Waals surface area contributed by atoms with Crippen LogP contribution in [0, 0.1) is 0 Å². The van der Waals surface area contributed by atoms with Crippen LogP contribution in [0.15, 0.2) is 48.5 Å². The van der Waals surface area contributed by atoms with Crippen molar-refractivity contribution in [2.24, 2.45) is 0 Å². The number of rotatable bonds is 9. The summed E-state index contributed by atoms with van der Waals surface area (Å²) in [5.74, 6) is -0.698. The van der Waals surface area contributed by atoms with Crippen LogP contribution in [0.2, 0.25) is 0 Å². The number of nitrogens with zero attached hydrogens (tertiary/aromatic N) is 3. The number of thiazole rings is 1. The first-order valence-corrected chi connectivity index (χ1v) is 12.7. The SMILES string of the molecule is CCCC1(CCC)NC(=O)N(CC(=O)N(c2ccc(CC)cc2)c2nc3ccccc3s2)C1=O. The van der Waals surface area contributed by atoms with Crippen molar-refractivity contribution in [2.75, 3.05) is 11.4 Å². The number of anilines is 2. The number of nitrogens with one attached hydrogen (secondary N) is 1. The lowest BCUT2D eigenvalue weighted by Gasteiger charge is -2.26. The average molecular weight is 479 g/mol. The Morgan fingerprint density at radius 1 is 1.03 bits per heavy atom. The zero-order valence-corrected chi connectivity index (χ0v) is 20.7. The van der Waals surface area contributed by atoms with E-state index in [9.17, 15) is 14.4 Å². The minimum absolute atomic E-state index is 0.319. The van der Waals surface area contributed by atoms with Gasteiger partial charge in [0.25, 0.3) is 11.8 Å². The molecule has 0 radical (unpaired) electrons. The molecule has 0 saturated carbocycles. The predicted octanol–water partition coefficient (Wildman–Crippen LogP) is 5.41. The number of hydrogen-bond donors (Lipinski definition) is 1. The molecule has 4 amide bonds. The second-order valence-electron chi connectivity index (χ2n) is 8.62. The molecule has 34 heavy (non-hydrogen) atoms. The maximum absolute atomic E-state index is 13.7. The van der Waals surface area contributed by atoms with Crippen molar-refractivity contribution in [1.29, 1.82) is 0 Å². The van der Waals surface area contributed by atoms with Crippen molar-refractivity contribution >= 4 is 50.2 Å². The van der Waals surface area contributed by atoms with Crippen LogP contribution in [0.3, 0.4) is 0 Å². The molecule has 8 heteroatoms. The van der Waals surface area contributed by atoms with Crippen LogP contribution < -0.4 is 10.2 Å². The summed E-state index contributed by atoms with van der Waals surface area (Å²) in [6, 6.07) is 14.9. The Bertz CT molecular complexity index is 1170. The van der Waals surface area contributed by atoms with Crippen molar-refractivity contribution in [1.82, 2.24) is 15.2 Å². The lowest BCUT2D eigenvalue weighted by atomic mass is 9.88. The Balaban J connectivity index is 1.68. The Hall–Kier alpha value is -3.26. The normalized spacial score (nSPS) is 15.1. The molecule has 2 heterocycles. The fourth-order valence-corrected chi connectivity index (χ4v) is 5.54. The molecule has 0 aliphatic carbocycles. The molecule has 4 rings (SSSR count). The van der Waals surface area contributed by atoms with Gasteiger partial charge in [-0.1, -0.05) is 69.2 Å². The number of para-hydroxylation sites is 1. The van der Waals surface area contributed by atoms with Crippen LogP contribution in [-0.4, -0.2) is 39.8 Å². The summed E-state index contributed by atoms with van der Waals surface area (Å²) in [5.41, 5.74) is 1.68. The lowest BCUT2D eigenvalue weighted by Crippen LogP contribution is -2.47. The Morgan fingerprint density at radius 2 is 1.71 bits per heavy atom. The van der Waals surface area contributed by atoms with Gasteiger partial charge in [0.1, 0.15) is 12.1 Å². The first kappa shape index (κ1) is 23.9. The zero-order valence-electron chi connectivity index (χ0n) is 19.8. The van der Waals surface area contributed by atoms with Crippen molar-refractivity contribution in [3.8, 4) is 0 Å². The van der Waals surface area contributed by atoms with Gasteiger partial charge in [-0.3, -0.25) is 19.4 Å². The Kier molecular flexibility index (Phi) is 6.97. The van der Waals surface area contributed by atoms with Crippen LogP contribution >= 0.6 is 11.3 Å². The van der Waals surface area contributed by atoms with Crippen molar-refractivity contribution in [3.63, 3.8) is 0 Å². The van der Waals surface area contributed by atoms with Gasteiger partial charge >= 0.3 is 6.03 Å². The topological polar surface area (TPSA) is 82.6 Å². The lowest BCUT2D eigenvalue weighted by molar-refractivity contribution is -0.134. The van der Waals surface area contributed by atoms with Crippen molar-refractivity contribution in [3.05, 3.63) is 54.1 Å². The summed E-state index contributed by atoms with van der Waals surface area (Å²) in [5, 5.41) is 3.39. The largest absolute Gasteiger partial charge is 0.325 e. The number of aryl methyl sites for hydroxylation is 1. The second kappa shape index (κ2) is 9.93. The van der Waals surface area contributed by atoms with E-state index in [1.54, 1.807) is 0 Å². The molecule has 0 spiro atoms. The highest BCUT2D eigenvalue weighted by Crippen LogP contribution is 2.34. The van der Waals surface area contributed by atoms with Crippen LogP contribution in [0.4, 0.5) is 15.6 Å². The van der Waals surface area contributed by atoms with E-state index in [-0.39, 0.29) is 18.4 Å². The maximum atomic E-state index is 13.7. The van der Waals surface area contributed by atoms with Crippen LogP contribution in [0.25, 0.3) is 10.2 Å². The maximum Gasteiger partial charge on any atom is 0.325 e. The molecule has 1 aliphatic rings. The summed E-state index contributed by atoms with van der Waals surface area (Å²) >= 11 is 1.40. The number of carbonyl (C=O) groups excluding carboxylic acids is 3.